The summed E-state index contributed by atoms with van der Waals surface area (Å²) in [6, 6.07) is 0. The van der Waals surface area contributed by atoms with Gasteiger partial charge in [-0.1, -0.05) is 20.3 Å². The first kappa shape index (κ1) is 10.7. The lowest BCUT2D eigenvalue weighted by Crippen LogP contribution is -2.42. The van der Waals surface area contributed by atoms with Crippen LogP contribution in [0.3, 0.4) is 0 Å². The molecule has 1 heterocycles. The first-order chi connectivity index (χ1) is 7.05. The summed E-state index contributed by atoms with van der Waals surface area (Å²) in [5, 5.41) is 10.8. The van der Waals surface area contributed by atoms with Crippen LogP contribution in [0.1, 0.15) is 38.9 Å². The molecule has 1 aliphatic rings. The monoisotopic (exact) mass is 208 g/mol. The van der Waals surface area contributed by atoms with Gasteiger partial charge < -0.3 is 9.67 Å². The molecule has 0 aliphatic heterocycles. The van der Waals surface area contributed by atoms with Crippen LogP contribution in [-0.2, 0) is 12.6 Å². The van der Waals surface area contributed by atoms with Gasteiger partial charge in [0.05, 0.1) is 0 Å². The minimum Gasteiger partial charge on any atom is -0.382 e. The highest BCUT2D eigenvalue weighted by Crippen LogP contribution is 2.43. The van der Waals surface area contributed by atoms with E-state index in [1.165, 1.54) is 6.42 Å². The molecule has 84 valence electrons. The molecule has 3 nitrogen and oxygen atoms in total. The zero-order valence-electron chi connectivity index (χ0n) is 9.77. The van der Waals surface area contributed by atoms with Crippen molar-refractivity contribution < 1.29 is 5.11 Å². The number of nitrogens with zero attached hydrogens (tertiary/aromatic N) is 2. The second kappa shape index (κ2) is 3.63. The minimum absolute atomic E-state index is 0.285. The maximum Gasteiger partial charge on any atom is 0.140 e. The number of aromatic nitrogens is 2. The second-order valence-corrected chi connectivity index (χ2v) is 4.94. The molecule has 1 aromatic heterocycles. The topological polar surface area (TPSA) is 38.1 Å². The molecular formula is C12H20N2O. The Hall–Kier alpha value is -0.830. The van der Waals surface area contributed by atoms with E-state index in [-0.39, 0.29) is 5.92 Å². The van der Waals surface area contributed by atoms with Crippen molar-refractivity contribution in [2.45, 2.75) is 38.7 Å². The molecule has 1 N–H and O–H groups in total. The molecule has 1 fully saturated rings. The summed E-state index contributed by atoms with van der Waals surface area (Å²) >= 11 is 0. The Morgan fingerprint density at radius 3 is 2.87 bits per heavy atom. The fraction of sp³-hybridized carbons (Fsp3) is 0.750. The van der Waals surface area contributed by atoms with E-state index in [0.717, 1.165) is 18.7 Å². The maximum atomic E-state index is 10.8. The van der Waals surface area contributed by atoms with Gasteiger partial charge in [0, 0.05) is 19.4 Å². The normalized spacial score (nSPS) is 36.8. The van der Waals surface area contributed by atoms with Crippen LogP contribution in [0.25, 0.3) is 0 Å². The number of rotatable bonds is 1. The summed E-state index contributed by atoms with van der Waals surface area (Å²) in [6.45, 7) is 4.36. The summed E-state index contributed by atoms with van der Waals surface area (Å²) < 4.78 is 1.94. The SMILES string of the molecule is CC1CCCC(O)(c2nccn2C)C1C. The van der Waals surface area contributed by atoms with Crippen LogP contribution in [0, 0.1) is 11.8 Å². The van der Waals surface area contributed by atoms with Crippen molar-refractivity contribution in [3.8, 4) is 0 Å². The lowest BCUT2D eigenvalue weighted by Gasteiger charge is -2.41. The third kappa shape index (κ3) is 1.59. The van der Waals surface area contributed by atoms with Gasteiger partial charge in [0.15, 0.2) is 0 Å². The summed E-state index contributed by atoms with van der Waals surface area (Å²) in [6.07, 6.45) is 6.81. The van der Waals surface area contributed by atoms with Crippen LogP contribution in [0.15, 0.2) is 12.4 Å². The van der Waals surface area contributed by atoms with Crippen LogP contribution in [-0.4, -0.2) is 14.7 Å². The summed E-state index contributed by atoms with van der Waals surface area (Å²) in [7, 11) is 1.95. The Morgan fingerprint density at radius 2 is 2.27 bits per heavy atom. The Bertz CT molecular complexity index is 347. The van der Waals surface area contributed by atoms with Crippen LogP contribution in [0.5, 0.6) is 0 Å². The van der Waals surface area contributed by atoms with Crippen LogP contribution >= 0.6 is 0 Å². The Kier molecular flexibility index (Phi) is 2.59. The van der Waals surface area contributed by atoms with Gasteiger partial charge in [-0.15, -0.1) is 0 Å². The van der Waals surface area contributed by atoms with E-state index in [1.807, 2.05) is 17.8 Å². The van der Waals surface area contributed by atoms with Gasteiger partial charge in [-0.05, 0) is 24.7 Å². The molecular weight excluding hydrogens is 188 g/mol. The molecule has 0 bridgehead atoms. The summed E-state index contributed by atoms with van der Waals surface area (Å²) in [5.74, 6) is 1.68. The van der Waals surface area contributed by atoms with Crippen LogP contribution < -0.4 is 0 Å². The van der Waals surface area contributed by atoms with Gasteiger partial charge in [0.25, 0.3) is 0 Å². The lowest BCUT2D eigenvalue weighted by molar-refractivity contribution is -0.0774. The molecule has 3 atom stereocenters. The van der Waals surface area contributed by atoms with Crippen molar-refractivity contribution in [1.29, 1.82) is 0 Å². The third-order valence-corrected chi connectivity index (χ3v) is 4.03. The first-order valence-electron chi connectivity index (χ1n) is 5.76. The molecule has 3 heteroatoms. The number of hydrogen-bond acceptors (Lipinski definition) is 2. The highest BCUT2D eigenvalue weighted by atomic mass is 16.3. The van der Waals surface area contributed by atoms with E-state index >= 15 is 0 Å². The van der Waals surface area contributed by atoms with Gasteiger partial charge in [0.2, 0.25) is 0 Å². The van der Waals surface area contributed by atoms with Crippen molar-refractivity contribution in [3.63, 3.8) is 0 Å². The van der Waals surface area contributed by atoms with Gasteiger partial charge >= 0.3 is 0 Å². The number of aliphatic hydroxyl groups is 1. The largest absolute Gasteiger partial charge is 0.382 e. The molecule has 15 heavy (non-hydrogen) atoms. The molecule has 0 radical (unpaired) electrons. The van der Waals surface area contributed by atoms with Gasteiger partial charge in [-0.2, -0.15) is 0 Å². The molecule has 0 saturated heterocycles. The standard InChI is InChI=1S/C12H20N2O/c1-9-5-4-6-12(15,10(9)2)11-13-7-8-14(11)3/h7-10,15H,4-6H2,1-3H3. The fourth-order valence-electron chi connectivity index (χ4n) is 2.74. The quantitative estimate of drug-likeness (QED) is 0.767. The van der Waals surface area contributed by atoms with Gasteiger partial charge in [0.1, 0.15) is 11.4 Å². The second-order valence-electron chi connectivity index (χ2n) is 4.94. The predicted octanol–water partition coefficient (Wildman–Crippen LogP) is 2.06. The number of hydrogen-bond donors (Lipinski definition) is 1. The highest BCUT2D eigenvalue weighted by Gasteiger charge is 2.43. The van der Waals surface area contributed by atoms with Crippen LogP contribution in [0.2, 0.25) is 0 Å². The van der Waals surface area contributed by atoms with E-state index in [4.69, 9.17) is 0 Å². The smallest absolute Gasteiger partial charge is 0.140 e. The molecule has 0 amide bonds. The zero-order chi connectivity index (χ0) is 11.1. The van der Waals surface area contributed by atoms with Gasteiger partial charge in [-0.25, -0.2) is 4.98 Å². The van der Waals surface area contributed by atoms with E-state index in [2.05, 4.69) is 18.8 Å². The molecule has 1 aliphatic carbocycles. The zero-order valence-corrected chi connectivity index (χ0v) is 9.77. The highest BCUT2D eigenvalue weighted by molar-refractivity contribution is 5.08. The minimum atomic E-state index is -0.726. The first-order valence-corrected chi connectivity index (χ1v) is 5.76. The van der Waals surface area contributed by atoms with Crippen molar-refractivity contribution in [2.24, 2.45) is 18.9 Å². The van der Waals surface area contributed by atoms with E-state index in [1.54, 1.807) is 6.20 Å². The summed E-state index contributed by atoms with van der Waals surface area (Å²) in [5.41, 5.74) is -0.726. The average Bonchev–Trinajstić information content (AvgIpc) is 2.61. The molecule has 0 aromatic carbocycles. The van der Waals surface area contributed by atoms with Crippen molar-refractivity contribution in [1.82, 2.24) is 9.55 Å². The fourth-order valence-corrected chi connectivity index (χ4v) is 2.74. The molecule has 2 rings (SSSR count). The predicted molar refractivity (Wildman–Crippen MR) is 59.3 cm³/mol. The Balaban J connectivity index is 2.36. The Labute approximate surface area is 91.1 Å². The van der Waals surface area contributed by atoms with Gasteiger partial charge in [-0.3, -0.25) is 0 Å². The number of imidazole rings is 1. The lowest BCUT2D eigenvalue weighted by atomic mass is 9.70. The van der Waals surface area contributed by atoms with Crippen molar-refractivity contribution in [3.05, 3.63) is 18.2 Å². The molecule has 3 unspecified atom stereocenters. The molecule has 1 saturated carbocycles. The van der Waals surface area contributed by atoms with E-state index in [9.17, 15) is 5.11 Å². The maximum absolute atomic E-state index is 10.8. The Morgan fingerprint density at radius 1 is 1.53 bits per heavy atom. The van der Waals surface area contributed by atoms with E-state index in [0.29, 0.717) is 5.92 Å². The number of aryl methyl sites for hydroxylation is 1. The summed E-state index contributed by atoms with van der Waals surface area (Å²) in [4.78, 5) is 4.31. The third-order valence-electron chi connectivity index (χ3n) is 4.03. The van der Waals surface area contributed by atoms with Crippen molar-refractivity contribution >= 4 is 0 Å². The van der Waals surface area contributed by atoms with Crippen molar-refractivity contribution in [2.75, 3.05) is 0 Å². The van der Waals surface area contributed by atoms with E-state index < -0.39 is 5.60 Å². The molecule has 0 spiro atoms. The van der Waals surface area contributed by atoms with Crippen LogP contribution in [0.4, 0.5) is 0 Å². The average molecular weight is 208 g/mol. The molecule has 1 aromatic rings.